The summed E-state index contributed by atoms with van der Waals surface area (Å²) in [6.07, 6.45) is 0.689. The SMILES string of the molecule is Cc1ccc(CSC2(C(NC(=O)OC(C)(C)C)C(=O)O)CCN(C)CC2)cc1. The molecule has 7 heteroatoms. The number of rotatable bonds is 6. The van der Waals surface area contributed by atoms with E-state index in [4.69, 9.17) is 4.74 Å². The van der Waals surface area contributed by atoms with Gasteiger partial charge >= 0.3 is 12.1 Å². The van der Waals surface area contributed by atoms with E-state index in [1.165, 1.54) is 5.56 Å². The van der Waals surface area contributed by atoms with Crippen LogP contribution in [-0.4, -0.2) is 58.6 Å². The van der Waals surface area contributed by atoms with Crippen LogP contribution in [0.5, 0.6) is 0 Å². The molecule has 1 aliphatic heterocycles. The Morgan fingerprint density at radius 1 is 1.25 bits per heavy atom. The van der Waals surface area contributed by atoms with E-state index in [1.54, 1.807) is 32.5 Å². The number of nitrogens with one attached hydrogen (secondary N) is 1. The molecule has 1 amide bonds. The van der Waals surface area contributed by atoms with Gasteiger partial charge in [-0.25, -0.2) is 9.59 Å². The maximum atomic E-state index is 12.3. The zero-order valence-electron chi connectivity index (χ0n) is 17.4. The molecule has 28 heavy (non-hydrogen) atoms. The number of likely N-dealkylation sites (tertiary alicyclic amines) is 1. The minimum Gasteiger partial charge on any atom is -0.480 e. The fourth-order valence-electron chi connectivity index (χ4n) is 3.27. The standard InChI is InChI=1S/C21H32N2O4S/c1-15-6-8-16(9-7-15)14-28-21(10-12-23(5)13-11-21)17(18(24)25)22-19(26)27-20(2,3)4/h6-9,17H,10-14H2,1-5H3,(H,22,26)(H,24,25). The molecule has 0 aromatic heterocycles. The number of alkyl carbamates (subject to hydrolysis) is 1. The molecule has 1 atom stereocenters. The second kappa shape index (κ2) is 9.18. The Morgan fingerprint density at radius 3 is 2.32 bits per heavy atom. The molecule has 1 fully saturated rings. The first-order chi connectivity index (χ1) is 13.0. The third kappa shape index (κ3) is 6.41. The third-order valence-electron chi connectivity index (χ3n) is 4.91. The van der Waals surface area contributed by atoms with Crippen LogP contribution in [0.25, 0.3) is 0 Å². The van der Waals surface area contributed by atoms with Gasteiger partial charge in [0.15, 0.2) is 0 Å². The van der Waals surface area contributed by atoms with Crippen LogP contribution in [-0.2, 0) is 15.3 Å². The maximum absolute atomic E-state index is 12.3. The van der Waals surface area contributed by atoms with Crippen LogP contribution in [0.15, 0.2) is 24.3 Å². The summed E-state index contributed by atoms with van der Waals surface area (Å²) < 4.78 is 4.74. The average Bonchev–Trinajstić information content (AvgIpc) is 2.59. The molecule has 0 bridgehead atoms. The topological polar surface area (TPSA) is 78.9 Å². The van der Waals surface area contributed by atoms with Gasteiger partial charge in [0.1, 0.15) is 11.6 Å². The lowest BCUT2D eigenvalue weighted by atomic mass is 9.88. The van der Waals surface area contributed by atoms with Crippen molar-refractivity contribution in [1.82, 2.24) is 10.2 Å². The number of hydrogen-bond donors (Lipinski definition) is 2. The summed E-state index contributed by atoms with van der Waals surface area (Å²) in [4.78, 5) is 26.7. The molecule has 2 N–H and O–H groups in total. The molecule has 1 unspecified atom stereocenters. The van der Waals surface area contributed by atoms with E-state index in [-0.39, 0.29) is 0 Å². The number of ether oxygens (including phenoxy) is 1. The van der Waals surface area contributed by atoms with Gasteiger partial charge in [-0.3, -0.25) is 0 Å². The Hall–Kier alpha value is -1.73. The van der Waals surface area contributed by atoms with E-state index in [9.17, 15) is 14.7 Å². The lowest BCUT2D eigenvalue weighted by molar-refractivity contribution is -0.140. The molecule has 0 radical (unpaired) electrons. The van der Waals surface area contributed by atoms with E-state index < -0.39 is 28.5 Å². The first-order valence-electron chi connectivity index (χ1n) is 9.61. The quantitative estimate of drug-likeness (QED) is 0.748. The first-order valence-corrected chi connectivity index (χ1v) is 10.6. The predicted octanol–water partition coefficient (Wildman–Crippen LogP) is 3.67. The van der Waals surface area contributed by atoms with Crippen LogP contribution in [0.3, 0.4) is 0 Å². The number of amides is 1. The number of carbonyl (C=O) groups is 2. The van der Waals surface area contributed by atoms with Crippen molar-refractivity contribution in [2.24, 2.45) is 0 Å². The van der Waals surface area contributed by atoms with E-state index in [0.717, 1.165) is 18.7 Å². The number of thioether (sulfide) groups is 1. The highest BCUT2D eigenvalue weighted by atomic mass is 32.2. The lowest BCUT2D eigenvalue weighted by Crippen LogP contribution is -2.59. The van der Waals surface area contributed by atoms with Crippen LogP contribution in [0.2, 0.25) is 0 Å². The van der Waals surface area contributed by atoms with Crippen LogP contribution in [0.4, 0.5) is 4.79 Å². The fourth-order valence-corrected chi connectivity index (χ4v) is 4.71. The molecule has 1 aliphatic rings. The minimum atomic E-state index is -1.02. The van der Waals surface area contributed by atoms with Crippen LogP contribution in [0.1, 0.15) is 44.7 Å². The zero-order valence-corrected chi connectivity index (χ0v) is 18.3. The third-order valence-corrected chi connectivity index (χ3v) is 6.61. The number of carboxylic acids is 1. The number of carboxylic acid groups (broad SMARTS) is 1. The molecule has 2 rings (SSSR count). The van der Waals surface area contributed by atoms with Crippen molar-refractivity contribution < 1.29 is 19.4 Å². The summed E-state index contributed by atoms with van der Waals surface area (Å²) in [5.74, 6) is -0.323. The normalized spacial score (nSPS) is 18.3. The van der Waals surface area contributed by atoms with Gasteiger partial charge in [0.25, 0.3) is 0 Å². The fraction of sp³-hybridized carbons (Fsp3) is 0.619. The van der Waals surface area contributed by atoms with E-state index in [1.807, 2.05) is 14.0 Å². The summed E-state index contributed by atoms with van der Waals surface area (Å²) >= 11 is 1.62. The van der Waals surface area contributed by atoms with E-state index in [2.05, 4.69) is 34.5 Å². The largest absolute Gasteiger partial charge is 0.480 e. The Kier molecular flexibility index (Phi) is 7.39. The maximum Gasteiger partial charge on any atom is 0.408 e. The minimum absolute atomic E-state index is 0.583. The number of benzene rings is 1. The van der Waals surface area contributed by atoms with Crippen LogP contribution in [0, 0.1) is 6.92 Å². The summed E-state index contributed by atoms with van der Waals surface area (Å²) in [5, 5.41) is 12.6. The number of aliphatic carboxylic acids is 1. The highest BCUT2D eigenvalue weighted by Gasteiger charge is 2.46. The van der Waals surface area contributed by atoms with Gasteiger partial charge in [-0.05, 0) is 66.2 Å². The molecule has 0 aliphatic carbocycles. The number of aryl methyl sites for hydroxylation is 1. The Bertz CT molecular complexity index is 677. The van der Waals surface area contributed by atoms with Crippen LogP contribution >= 0.6 is 11.8 Å². The Morgan fingerprint density at radius 2 is 1.82 bits per heavy atom. The summed E-state index contributed by atoms with van der Waals surface area (Å²) in [5.41, 5.74) is 1.66. The van der Waals surface area contributed by atoms with Crippen molar-refractivity contribution in [2.75, 3.05) is 20.1 Å². The number of hydrogen-bond acceptors (Lipinski definition) is 5. The van der Waals surface area contributed by atoms with Crippen molar-refractivity contribution in [2.45, 2.75) is 62.7 Å². The van der Waals surface area contributed by atoms with Crippen molar-refractivity contribution in [1.29, 1.82) is 0 Å². The number of carbonyl (C=O) groups excluding carboxylic acids is 1. The molecule has 0 spiro atoms. The Balaban J connectivity index is 2.20. The van der Waals surface area contributed by atoms with E-state index in [0.29, 0.717) is 18.6 Å². The summed E-state index contributed by atoms with van der Waals surface area (Å²) in [6, 6.07) is 7.26. The van der Waals surface area contributed by atoms with Gasteiger partial charge in [0.2, 0.25) is 0 Å². The predicted molar refractivity (Wildman–Crippen MR) is 113 cm³/mol. The molecule has 1 heterocycles. The number of nitrogens with zero attached hydrogens (tertiary/aromatic N) is 1. The second-order valence-electron chi connectivity index (χ2n) is 8.56. The zero-order chi connectivity index (χ0) is 20.9. The van der Waals surface area contributed by atoms with E-state index >= 15 is 0 Å². The summed E-state index contributed by atoms with van der Waals surface area (Å²) in [6.45, 7) is 8.92. The molecule has 1 aromatic carbocycles. The average molecular weight is 409 g/mol. The molecule has 6 nitrogen and oxygen atoms in total. The van der Waals surface area contributed by atoms with Gasteiger partial charge in [-0.15, -0.1) is 11.8 Å². The molecular formula is C21H32N2O4S. The smallest absolute Gasteiger partial charge is 0.408 e. The summed E-state index contributed by atoms with van der Waals surface area (Å²) in [7, 11) is 2.03. The van der Waals surface area contributed by atoms with Crippen molar-refractivity contribution in [3.05, 3.63) is 35.4 Å². The number of piperidine rings is 1. The first kappa shape index (κ1) is 22.6. The van der Waals surface area contributed by atoms with Crippen molar-refractivity contribution in [3.63, 3.8) is 0 Å². The Labute approximate surface area is 172 Å². The highest BCUT2D eigenvalue weighted by Crippen LogP contribution is 2.41. The van der Waals surface area contributed by atoms with Gasteiger partial charge < -0.3 is 20.1 Å². The monoisotopic (exact) mass is 408 g/mol. The second-order valence-corrected chi connectivity index (χ2v) is 9.95. The van der Waals surface area contributed by atoms with Gasteiger partial charge in [0, 0.05) is 10.5 Å². The molecule has 1 saturated heterocycles. The van der Waals surface area contributed by atoms with Crippen molar-refractivity contribution >= 4 is 23.8 Å². The van der Waals surface area contributed by atoms with Crippen molar-refractivity contribution in [3.8, 4) is 0 Å². The molecule has 0 saturated carbocycles. The van der Waals surface area contributed by atoms with Gasteiger partial charge in [0.05, 0.1) is 0 Å². The molecule has 156 valence electrons. The van der Waals surface area contributed by atoms with Crippen LogP contribution < -0.4 is 5.32 Å². The molecular weight excluding hydrogens is 376 g/mol. The lowest BCUT2D eigenvalue weighted by Gasteiger charge is -2.44. The van der Waals surface area contributed by atoms with Gasteiger partial charge in [-0.2, -0.15) is 0 Å². The molecule has 1 aromatic rings. The van der Waals surface area contributed by atoms with Gasteiger partial charge in [-0.1, -0.05) is 29.8 Å². The highest BCUT2D eigenvalue weighted by molar-refractivity contribution is 8.00.